The fourth-order valence-electron chi connectivity index (χ4n) is 3.38. The number of imidazole rings is 1. The second-order valence-corrected chi connectivity index (χ2v) is 7.49. The third-order valence-corrected chi connectivity index (χ3v) is 4.80. The Morgan fingerprint density at radius 2 is 2.09 bits per heavy atom. The molecule has 1 saturated carbocycles. The van der Waals surface area contributed by atoms with Gasteiger partial charge in [0.25, 0.3) is 0 Å². The number of amides is 1. The van der Waals surface area contributed by atoms with Crippen LogP contribution >= 0.6 is 0 Å². The monoisotopic (exact) mass is 311 g/mol. The minimum atomic E-state index is 0.0530. The number of aryl methyl sites for hydroxylation is 1. The molecule has 4 heteroatoms. The van der Waals surface area contributed by atoms with E-state index in [-0.39, 0.29) is 17.2 Å². The predicted octanol–water partition coefficient (Wildman–Crippen LogP) is 3.50. The average molecular weight is 311 g/mol. The van der Waals surface area contributed by atoms with Crippen molar-refractivity contribution >= 4 is 11.6 Å². The van der Waals surface area contributed by atoms with Crippen LogP contribution < -0.4 is 5.32 Å². The molecule has 4 nitrogen and oxygen atoms in total. The van der Waals surface area contributed by atoms with Gasteiger partial charge in [0.05, 0.1) is 18.2 Å². The van der Waals surface area contributed by atoms with Gasteiger partial charge in [-0.25, -0.2) is 4.98 Å². The van der Waals surface area contributed by atoms with Crippen molar-refractivity contribution in [3.63, 3.8) is 0 Å². The lowest BCUT2D eigenvalue weighted by Crippen LogP contribution is -2.26. The fourth-order valence-corrected chi connectivity index (χ4v) is 3.38. The predicted molar refractivity (Wildman–Crippen MR) is 92.0 cm³/mol. The number of carbonyl (C=O) groups is 1. The summed E-state index contributed by atoms with van der Waals surface area (Å²) < 4.78 is 2.00. The number of hydrogen-bond donors (Lipinski definition) is 1. The maximum Gasteiger partial charge on any atom is 0.224 e. The first-order chi connectivity index (χ1) is 10.8. The number of pyridine rings is 1. The summed E-state index contributed by atoms with van der Waals surface area (Å²) in [7, 11) is 0. The molecule has 23 heavy (non-hydrogen) atoms. The van der Waals surface area contributed by atoms with E-state index in [1.165, 1.54) is 11.1 Å². The van der Waals surface area contributed by atoms with Crippen molar-refractivity contribution in [1.29, 1.82) is 0 Å². The van der Waals surface area contributed by atoms with Crippen molar-refractivity contribution in [2.45, 2.75) is 41.2 Å². The number of carbonyl (C=O) groups excluding carboxylic acids is 1. The first-order valence-electron chi connectivity index (χ1n) is 8.16. The van der Waals surface area contributed by atoms with Crippen molar-refractivity contribution in [3.05, 3.63) is 47.4 Å². The molecule has 0 saturated heterocycles. The first-order valence-corrected chi connectivity index (χ1v) is 8.16. The number of nitrogens with one attached hydrogen (secondary N) is 1. The lowest BCUT2D eigenvalue weighted by molar-refractivity contribution is -0.123. The largest absolute Gasteiger partial charge is 0.350 e. The summed E-state index contributed by atoms with van der Waals surface area (Å²) in [5.41, 5.74) is 4.32. The van der Waals surface area contributed by atoms with Crippen molar-refractivity contribution in [3.8, 4) is 0 Å². The van der Waals surface area contributed by atoms with E-state index in [1.54, 1.807) is 0 Å². The zero-order valence-electron chi connectivity index (χ0n) is 14.6. The van der Waals surface area contributed by atoms with Crippen LogP contribution in [0.25, 0.3) is 5.65 Å². The molecular formula is C19H25N3O. The van der Waals surface area contributed by atoms with Crippen LogP contribution in [0.15, 0.2) is 36.2 Å². The highest BCUT2D eigenvalue weighted by atomic mass is 16.2. The molecule has 1 N–H and O–H groups in total. The molecule has 0 aliphatic heterocycles. The summed E-state index contributed by atoms with van der Waals surface area (Å²) >= 11 is 0. The smallest absolute Gasteiger partial charge is 0.224 e. The van der Waals surface area contributed by atoms with Crippen molar-refractivity contribution in [2.75, 3.05) is 0 Å². The van der Waals surface area contributed by atoms with Crippen molar-refractivity contribution in [2.24, 2.45) is 17.3 Å². The maximum absolute atomic E-state index is 12.5. The lowest BCUT2D eigenvalue weighted by atomic mass is 10.1. The number of allylic oxidation sites excluding steroid dienone is 2. The maximum atomic E-state index is 12.5. The van der Waals surface area contributed by atoms with E-state index in [9.17, 15) is 4.79 Å². The Morgan fingerprint density at radius 3 is 2.78 bits per heavy atom. The van der Waals surface area contributed by atoms with E-state index < -0.39 is 0 Å². The minimum absolute atomic E-state index is 0.0530. The summed E-state index contributed by atoms with van der Waals surface area (Å²) in [6.07, 6.45) is 6.24. The van der Waals surface area contributed by atoms with Crippen LogP contribution in [-0.2, 0) is 11.3 Å². The molecule has 2 heterocycles. The standard InChI is InChI=1S/C19H25N3O/c1-12(2)8-15-17(19(15,4)5)18(23)20-9-14-11-22-10-13(3)6-7-16(22)21-14/h6-8,10-11,15,17H,9H2,1-5H3,(H,20,23)/t15-,17-/m0/s1. The van der Waals surface area contributed by atoms with Gasteiger partial charge in [-0.2, -0.15) is 0 Å². The van der Waals surface area contributed by atoms with Gasteiger partial charge in [-0.15, -0.1) is 0 Å². The van der Waals surface area contributed by atoms with E-state index in [4.69, 9.17) is 0 Å². The molecule has 122 valence electrons. The summed E-state index contributed by atoms with van der Waals surface area (Å²) in [6, 6.07) is 4.04. The Hall–Kier alpha value is -2.10. The van der Waals surface area contributed by atoms with E-state index in [2.05, 4.69) is 51.0 Å². The molecule has 0 unspecified atom stereocenters. The van der Waals surface area contributed by atoms with Gasteiger partial charge in [-0.1, -0.05) is 31.6 Å². The van der Waals surface area contributed by atoms with Crippen molar-refractivity contribution < 1.29 is 4.79 Å². The number of rotatable bonds is 4. The number of aromatic nitrogens is 2. The highest BCUT2D eigenvalue weighted by molar-refractivity contribution is 5.83. The average Bonchev–Trinajstić information content (AvgIpc) is 2.81. The molecule has 0 aromatic carbocycles. The zero-order chi connectivity index (χ0) is 16.8. The molecule has 3 rings (SSSR count). The van der Waals surface area contributed by atoms with Gasteiger partial charge < -0.3 is 9.72 Å². The molecule has 1 amide bonds. The van der Waals surface area contributed by atoms with E-state index in [1.807, 2.05) is 28.9 Å². The topological polar surface area (TPSA) is 46.4 Å². The van der Waals surface area contributed by atoms with Gasteiger partial charge >= 0.3 is 0 Å². The van der Waals surface area contributed by atoms with Gasteiger partial charge in [0.1, 0.15) is 5.65 Å². The van der Waals surface area contributed by atoms with Crippen LogP contribution in [0.5, 0.6) is 0 Å². The first kappa shape index (κ1) is 15.8. The van der Waals surface area contributed by atoms with Gasteiger partial charge in [0, 0.05) is 12.4 Å². The molecule has 2 aromatic rings. The summed E-state index contributed by atoms with van der Waals surface area (Å²) in [5.74, 6) is 0.540. The molecule has 1 fully saturated rings. The van der Waals surface area contributed by atoms with Crippen molar-refractivity contribution in [1.82, 2.24) is 14.7 Å². The lowest BCUT2D eigenvalue weighted by Gasteiger charge is -2.04. The third-order valence-electron chi connectivity index (χ3n) is 4.80. The van der Waals surface area contributed by atoms with E-state index in [0.29, 0.717) is 12.5 Å². The Balaban J connectivity index is 1.66. The van der Waals surface area contributed by atoms with Crippen LogP contribution in [0.1, 0.15) is 39.0 Å². The second kappa shape index (κ2) is 5.52. The number of nitrogens with zero attached hydrogens (tertiary/aromatic N) is 2. The molecule has 2 atom stereocenters. The van der Waals surface area contributed by atoms with E-state index >= 15 is 0 Å². The Labute approximate surface area is 137 Å². The van der Waals surface area contributed by atoms with Gasteiger partial charge in [-0.3, -0.25) is 4.79 Å². The second-order valence-electron chi connectivity index (χ2n) is 7.49. The van der Waals surface area contributed by atoms with Gasteiger partial charge in [0.15, 0.2) is 0 Å². The molecule has 0 radical (unpaired) electrons. The van der Waals surface area contributed by atoms with Crippen LogP contribution in [0.2, 0.25) is 0 Å². The minimum Gasteiger partial charge on any atom is -0.350 e. The van der Waals surface area contributed by atoms with Crippen LogP contribution in [0.3, 0.4) is 0 Å². The van der Waals surface area contributed by atoms with Gasteiger partial charge in [-0.05, 0) is 43.7 Å². The van der Waals surface area contributed by atoms with E-state index in [0.717, 1.165) is 11.3 Å². The Kier molecular flexibility index (Phi) is 3.78. The zero-order valence-corrected chi connectivity index (χ0v) is 14.6. The molecule has 2 aromatic heterocycles. The van der Waals surface area contributed by atoms with Crippen LogP contribution in [0.4, 0.5) is 0 Å². The molecule has 0 bridgehead atoms. The molecule has 1 aliphatic carbocycles. The SMILES string of the molecule is CC(C)=C[C@H]1[C@@H](C(=O)NCc2cn3cc(C)ccc3n2)C1(C)C. The third kappa shape index (κ3) is 3.03. The summed E-state index contributed by atoms with van der Waals surface area (Å²) in [6.45, 7) is 11.0. The summed E-state index contributed by atoms with van der Waals surface area (Å²) in [5, 5.41) is 3.05. The van der Waals surface area contributed by atoms with Crippen LogP contribution in [-0.4, -0.2) is 15.3 Å². The molecular weight excluding hydrogens is 286 g/mol. The highest BCUT2D eigenvalue weighted by Crippen LogP contribution is 2.59. The number of fused-ring (bicyclic) bond motifs is 1. The molecule has 1 aliphatic rings. The summed E-state index contributed by atoms with van der Waals surface area (Å²) in [4.78, 5) is 17.0. The molecule has 0 spiro atoms. The Bertz CT molecular complexity index is 781. The highest BCUT2D eigenvalue weighted by Gasteiger charge is 2.60. The van der Waals surface area contributed by atoms with Crippen LogP contribution in [0, 0.1) is 24.2 Å². The normalized spacial score (nSPS) is 22.0. The van der Waals surface area contributed by atoms with Gasteiger partial charge in [0.2, 0.25) is 5.91 Å². The number of hydrogen-bond acceptors (Lipinski definition) is 2. The fraction of sp³-hybridized carbons (Fsp3) is 0.474. The Morgan fingerprint density at radius 1 is 1.35 bits per heavy atom. The quantitative estimate of drug-likeness (QED) is 0.879.